The summed E-state index contributed by atoms with van der Waals surface area (Å²) >= 11 is 6.23. The molecule has 0 fully saturated rings. The molecule has 0 saturated heterocycles. The van der Waals surface area contributed by atoms with Crippen LogP contribution in [0.25, 0.3) is 0 Å². The Balaban J connectivity index is 2.19. The minimum absolute atomic E-state index is 0.146. The molecule has 1 N–H and O–H groups in total. The molecule has 0 radical (unpaired) electrons. The summed E-state index contributed by atoms with van der Waals surface area (Å²) in [5.41, 5.74) is 0.893. The van der Waals surface area contributed by atoms with E-state index in [0.29, 0.717) is 5.02 Å². The zero-order chi connectivity index (χ0) is 16.2. The van der Waals surface area contributed by atoms with Crippen molar-refractivity contribution >= 4 is 21.6 Å². The van der Waals surface area contributed by atoms with E-state index in [2.05, 4.69) is 4.72 Å². The Hall–Kier alpha value is -1.40. The van der Waals surface area contributed by atoms with Crippen molar-refractivity contribution < 1.29 is 8.42 Å². The maximum Gasteiger partial charge on any atom is 0.240 e. The number of halogens is 1. The first-order valence-corrected chi connectivity index (χ1v) is 8.73. The highest BCUT2D eigenvalue weighted by molar-refractivity contribution is 7.89. The van der Waals surface area contributed by atoms with E-state index >= 15 is 0 Å². The number of benzene rings is 2. The van der Waals surface area contributed by atoms with Crippen molar-refractivity contribution in [2.45, 2.75) is 10.9 Å². The first kappa shape index (κ1) is 17.0. The van der Waals surface area contributed by atoms with Crippen LogP contribution in [0.3, 0.4) is 0 Å². The van der Waals surface area contributed by atoms with Gasteiger partial charge in [-0.1, -0.05) is 48.0 Å². The number of sulfonamides is 1. The van der Waals surface area contributed by atoms with Crippen molar-refractivity contribution in [2.24, 2.45) is 0 Å². The van der Waals surface area contributed by atoms with Gasteiger partial charge in [0, 0.05) is 17.6 Å². The molecule has 0 saturated carbocycles. The first-order valence-electron chi connectivity index (χ1n) is 6.87. The number of nitrogens with zero attached hydrogens (tertiary/aromatic N) is 1. The third-order valence-corrected chi connectivity index (χ3v) is 5.19. The number of likely N-dealkylation sites (N-methyl/N-ethyl adjacent to an activating group) is 1. The Kier molecular flexibility index (Phi) is 5.58. The third kappa shape index (κ3) is 4.08. The van der Waals surface area contributed by atoms with Crippen molar-refractivity contribution in [3.63, 3.8) is 0 Å². The van der Waals surface area contributed by atoms with Gasteiger partial charge in [0.15, 0.2) is 0 Å². The maximum atomic E-state index is 12.3. The molecule has 0 amide bonds. The molecule has 1 atom stereocenters. The molecule has 4 nitrogen and oxygen atoms in total. The summed E-state index contributed by atoms with van der Waals surface area (Å²) in [5.74, 6) is 0. The van der Waals surface area contributed by atoms with E-state index in [-0.39, 0.29) is 17.5 Å². The van der Waals surface area contributed by atoms with Gasteiger partial charge >= 0.3 is 0 Å². The van der Waals surface area contributed by atoms with Crippen LogP contribution in [0, 0.1) is 0 Å². The standard InChI is InChI=1S/C16H19ClN2O2S/c1-19(2)16(14-10-6-7-11-15(14)17)12-18-22(20,21)13-8-4-3-5-9-13/h3-11,16,18H,12H2,1-2H3/t16-/m1/s1. The Morgan fingerprint density at radius 1 is 1.05 bits per heavy atom. The predicted octanol–water partition coefficient (Wildman–Crippen LogP) is 2.92. The fraction of sp³-hybridized carbons (Fsp3) is 0.250. The van der Waals surface area contributed by atoms with Crippen LogP contribution in [-0.2, 0) is 10.0 Å². The quantitative estimate of drug-likeness (QED) is 0.881. The van der Waals surface area contributed by atoms with Crippen LogP contribution < -0.4 is 4.72 Å². The molecule has 2 aromatic rings. The smallest absolute Gasteiger partial charge is 0.240 e. The second kappa shape index (κ2) is 7.24. The molecule has 0 spiro atoms. The topological polar surface area (TPSA) is 49.4 Å². The van der Waals surface area contributed by atoms with E-state index in [1.54, 1.807) is 36.4 Å². The second-order valence-electron chi connectivity index (χ2n) is 5.17. The largest absolute Gasteiger partial charge is 0.301 e. The highest BCUT2D eigenvalue weighted by Crippen LogP contribution is 2.25. The molecule has 0 aliphatic carbocycles. The molecule has 22 heavy (non-hydrogen) atoms. The molecule has 0 bridgehead atoms. The Bertz CT molecular complexity index is 718. The predicted molar refractivity (Wildman–Crippen MR) is 89.5 cm³/mol. The summed E-state index contributed by atoms with van der Waals surface area (Å²) in [7, 11) is 0.258. The van der Waals surface area contributed by atoms with E-state index in [9.17, 15) is 8.42 Å². The van der Waals surface area contributed by atoms with Crippen LogP contribution in [0.2, 0.25) is 5.02 Å². The van der Waals surface area contributed by atoms with Crippen molar-refractivity contribution in [2.75, 3.05) is 20.6 Å². The van der Waals surface area contributed by atoms with Crippen LogP contribution in [0.15, 0.2) is 59.5 Å². The van der Waals surface area contributed by atoms with Gasteiger partial charge in [0.1, 0.15) is 0 Å². The lowest BCUT2D eigenvalue weighted by molar-refractivity contribution is 0.299. The lowest BCUT2D eigenvalue weighted by Gasteiger charge is -2.25. The van der Waals surface area contributed by atoms with E-state index < -0.39 is 10.0 Å². The van der Waals surface area contributed by atoms with E-state index in [1.807, 2.05) is 37.2 Å². The van der Waals surface area contributed by atoms with Gasteiger partial charge in [-0.2, -0.15) is 0 Å². The molecular formula is C16H19ClN2O2S. The summed E-state index contributed by atoms with van der Waals surface area (Å²) in [5, 5.41) is 0.625. The van der Waals surface area contributed by atoms with Gasteiger partial charge in [-0.3, -0.25) is 0 Å². The van der Waals surface area contributed by atoms with Crippen molar-refractivity contribution in [1.82, 2.24) is 9.62 Å². The molecule has 6 heteroatoms. The van der Waals surface area contributed by atoms with Gasteiger partial charge in [0.25, 0.3) is 0 Å². The van der Waals surface area contributed by atoms with Gasteiger partial charge in [-0.05, 0) is 37.9 Å². The summed E-state index contributed by atoms with van der Waals surface area (Å²) in [6.45, 7) is 0.244. The molecule has 0 heterocycles. The molecule has 2 aromatic carbocycles. The van der Waals surface area contributed by atoms with Gasteiger partial charge in [-0.15, -0.1) is 0 Å². The fourth-order valence-electron chi connectivity index (χ4n) is 2.19. The minimum Gasteiger partial charge on any atom is -0.301 e. The number of nitrogens with one attached hydrogen (secondary N) is 1. The average Bonchev–Trinajstić information content (AvgIpc) is 2.50. The number of rotatable bonds is 6. The van der Waals surface area contributed by atoms with Gasteiger partial charge in [0.2, 0.25) is 10.0 Å². The normalized spacial score (nSPS) is 13.3. The summed E-state index contributed by atoms with van der Waals surface area (Å²) in [6, 6.07) is 15.6. The Morgan fingerprint density at radius 3 is 2.23 bits per heavy atom. The first-order chi connectivity index (χ1) is 10.4. The van der Waals surface area contributed by atoms with Gasteiger partial charge in [0.05, 0.1) is 4.90 Å². The average molecular weight is 339 g/mol. The van der Waals surface area contributed by atoms with Crippen LogP contribution in [0.4, 0.5) is 0 Å². The molecule has 0 aromatic heterocycles. The van der Waals surface area contributed by atoms with Crippen molar-refractivity contribution in [1.29, 1.82) is 0 Å². The third-order valence-electron chi connectivity index (χ3n) is 3.41. The van der Waals surface area contributed by atoms with E-state index in [4.69, 9.17) is 11.6 Å². The molecule has 0 aliphatic rings. The fourth-order valence-corrected chi connectivity index (χ4v) is 3.51. The Labute approximate surface area is 136 Å². The summed E-state index contributed by atoms with van der Waals surface area (Å²) in [6.07, 6.45) is 0. The molecule has 118 valence electrons. The number of hydrogen-bond acceptors (Lipinski definition) is 3. The molecule has 0 unspecified atom stereocenters. The highest BCUT2D eigenvalue weighted by Gasteiger charge is 2.20. The summed E-state index contributed by atoms with van der Waals surface area (Å²) in [4.78, 5) is 2.20. The monoisotopic (exact) mass is 338 g/mol. The lowest BCUT2D eigenvalue weighted by Crippen LogP contribution is -2.34. The van der Waals surface area contributed by atoms with Crippen LogP contribution >= 0.6 is 11.6 Å². The molecule has 0 aliphatic heterocycles. The maximum absolute atomic E-state index is 12.3. The minimum atomic E-state index is -3.53. The molecular weight excluding hydrogens is 320 g/mol. The van der Waals surface area contributed by atoms with Crippen molar-refractivity contribution in [3.05, 3.63) is 65.2 Å². The summed E-state index contributed by atoms with van der Waals surface area (Å²) < 4.78 is 27.3. The van der Waals surface area contributed by atoms with E-state index in [0.717, 1.165) is 5.56 Å². The lowest BCUT2D eigenvalue weighted by atomic mass is 10.1. The second-order valence-corrected chi connectivity index (χ2v) is 7.34. The SMILES string of the molecule is CN(C)[C@H](CNS(=O)(=O)c1ccccc1)c1ccccc1Cl. The Morgan fingerprint density at radius 2 is 1.64 bits per heavy atom. The van der Waals surface area contributed by atoms with E-state index in [1.165, 1.54) is 0 Å². The zero-order valence-corrected chi connectivity index (χ0v) is 14.1. The highest BCUT2D eigenvalue weighted by atomic mass is 35.5. The van der Waals surface area contributed by atoms with Crippen molar-refractivity contribution in [3.8, 4) is 0 Å². The van der Waals surface area contributed by atoms with Crippen LogP contribution in [0.5, 0.6) is 0 Å². The van der Waals surface area contributed by atoms with Crippen LogP contribution in [0.1, 0.15) is 11.6 Å². The van der Waals surface area contributed by atoms with Crippen LogP contribution in [-0.4, -0.2) is 34.0 Å². The van der Waals surface area contributed by atoms with Gasteiger partial charge < -0.3 is 4.90 Å². The number of hydrogen-bond donors (Lipinski definition) is 1. The molecule has 2 rings (SSSR count). The zero-order valence-electron chi connectivity index (χ0n) is 12.5. The van der Waals surface area contributed by atoms with Gasteiger partial charge in [-0.25, -0.2) is 13.1 Å².